The lowest BCUT2D eigenvalue weighted by Crippen LogP contribution is -2.22. The first-order valence-corrected chi connectivity index (χ1v) is 8.03. The zero-order valence-corrected chi connectivity index (χ0v) is 11.3. The van der Waals surface area contributed by atoms with Gasteiger partial charge in [-0.15, -0.1) is 0 Å². The van der Waals surface area contributed by atoms with Crippen molar-refractivity contribution in [3.63, 3.8) is 0 Å². The van der Waals surface area contributed by atoms with Gasteiger partial charge in [-0.3, -0.25) is 0 Å². The van der Waals surface area contributed by atoms with Crippen molar-refractivity contribution in [2.24, 2.45) is 11.7 Å². The highest BCUT2D eigenvalue weighted by Gasteiger charge is 2.32. The Labute approximate surface area is 108 Å². The summed E-state index contributed by atoms with van der Waals surface area (Å²) in [6, 6.07) is 7.37. The number of hydrogen-bond donors (Lipinski definition) is 1. The van der Waals surface area contributed by atoms with Crippen LogP contribution in [0, 0.1) is 5.92 Å². The van der Waals surface area contributed by atoms with Crippen molar-refractivity contribution in [1.29, 1.82) is 0 Å². The van der Waals surface area contributed by atoms with Crippen molar-refractivity contribution < 1.29 is 13.2 Å². The van der Waals surface area contributed by atoms with Gasteiger partial charge >= 0.3 is 0 Å². The van der Waals surface area contributed by atoms with Gasteiger partial charge in [-0.05, 0) is 37.0 Å². The molecule has 1 saturated heterocycles. The molecule has 1 aliphatic rings. The van der Waals surface area contributed by atoms with Crippen LogP contribution in [0.4, 0.5) is 0 Å². The standard InChI is InChI=1S/C13H19NO3S/c1-2-17-12-5-3-4-10(8-12)13(14)11-6-7-18(15,16)9-11/h3-5,8,11,13H,2,6-7,9,14H2,1H3. The molecular weight excluding hydrogens is 250 g/mol. The maximum atomic E-state index is 11.5. The number of rotatable bonds is 4. The van der Waals surface area contributed by atoms with Crippen LogP contribution in [0.25, 0.3) is 0 Å². The fraction of sp³-hybridized carbons (Fsp3) is 0.538. The van der Waals surface area contributed by atoms with Crippen LogP contribution in [-0.4, -0.2) is 26.5 Å². The second-order valence-corrected chi connectivity index (χ2v) is 6.92. The molecule has 1 heterocycles. The number of sulfone groups is 1. The van der Waals surface area contributed by atoms with Gasteiger partial charge in [0, 0.05) is 6.04 Å². The molecule has 0 radical (unpaired) electrons. The quantitative estimate of drug-likeness (QED) is 0.899. The van der Waals surface area contributed by atoms with Gasteiger partial charge in [0.15, 0.2) is 9.84 Å². The summed E-state index contributed by atoms with van der Waals surface area (Å²) in [5.41, 5.74) is 7.11. The first-order chi connectivity index (χ1) is 8.52. The van der Waals surface area contributed by atoms with E-state index < -0.39 is 9.84 Å². The zero-order chi connectivity index (χ0) is 13.2. The molecule has 2 atom stereocenters. The van der Waals surface area contributed by atoms with Gasteiger partial charge in [0.05, 0.1) is 18.1 Å². The molecule has 1 aliphatic heterocycles. The molecule has 0 amide bonds. The van der Waals surface area contributed by atoms with Crippen molar-refractivity contribution in [2.75, 3.05) is 18.1 Å². The van der Waals surface area contributed by atoms with Gasteiger partial charge in [-0.2, -0.15) is 0 Å². The van der Waals surface area contributed by atoms with E-state index in [2.05, 4.69) is 0 Å². The van der Waals surface area contributed by atoms with E-state index in [0.29, 0.717) is 13.0 Å². The van der Waals surface area contributed by atoms with Crippen LogP contribution in [0.2, 0.25) is 0 Å². The van der Waals surface area contributed by atoms with Crippen molar-refractivity contribution in [2.45, 2.75) is 19.4 Å². The van der Waals surface area contributed by atoms with E-state index in [-0.39, 0.29) is 23.5 Å². The van der Waals surface area contributed by atoms with E-state index in [1.807, 2.05) is 31.2 Å². The highest BCUT2D eigenvalue weighted by Crippen LogP contribution is 2.30. The topological polar surface area (TPSA) is 69.4 Å². The first-order valence-electron chi connectivity index (χ1n) is 6.20. The summed E-state index contributed by atoms with van der Waals surface area (Å²) in [4.78, 5) is 0. The third kappa shape index (κ3) is 3.03. The molecule has 1 aromatic carbocycles. The molecule has 18 heavy (non-hydrogen) atoms. The van der Waals surface area contributed by atoms with Crippen LogP contribution < -0.4 is 10.5 Å². The van der Waals surface area contributed by atoms with Crippen LogP contribution >= 0.6 is 0 Å². The second kappa shape index (κ2) is 5.28. The molecule has 2 unspecified atom stereocenters. The summed E-state index contributed by atoms with van der Waals surface area (Å²) in [6.07, 6.45) is 0.655. The van der Waals surface area contributed by atoms with Gasteiger partial charge in [0.25, 0.3) is 0 Å². The molecule has 0 aliphatic carbocycles. The second-order valence-electron chi connectivity index (χ2n) is 4.69. The molecule has 2 N–H and O–H groups in total. The Balaban J connectivity index is 2.13. The van der Waals surface area contributed by atoms with E-state index in [4.69, 9.17) is 10.5 Å². The van der Waals surface area contributed by atoms with Crippen molar-refractivity contribution >= 4 is 9.84 Å². The molecule has 5 heteroatoms. The Bertz CT molecular complexity index is 513. The smallest absolute Gasteiger partial charge is 0.150 e. The minimum atomic E-state index is -2.88. The van der Waals surface area contributed by atoms with E-state index in [1.54, 1.807) is 0 Å². The van der Waals surface area contributed by atoms with Crippen LogP contribution in [0.5, 0.6) is 5.75 Å². The zero-order valence-electron chi connectivity index (χ0n) is 10.5. The van der Waals surface area contributed by atoms with Gasteiger partial charge in [-0.1, -0.05) is 12.1 Å². The molecule has 0 bridgehead atoms. The predicted molar refractivity (Wildman–Crippen MR) is 71.3 cm³/mol. The maximum Gasteiger partial charge on any atom is 0.150 e. The lowest BCUT2D eigenvalue weighted by Gasteiger charge is -2.18. The summed E-state index contributed by atoms with van der Waals surface area (Å²) in [5, 5.41) is 0. The van der Waals surface area contributed by atoms with Crippen LogP contribution in [0.15, 0.2) is 24.3 Å². The summed E-state index contributed by atoms with van der Waals surface area (Å²) in [7, 11) is -2.88. The highest BCUT2D eigenvalue weighted by atomic mass is 32.2. The van der Waals surface area contributed by atoms with E-state index in [1.165, 1.54) is 0 Å². The largest absolute Gasteiger partial charge is 0.494 e. The number of ether oxygens (including phenoxy) is 1. The summed E-state index contributed by atoms with van der Waals surface area (Å²) in [6.45, 7) is 2.53. The fourth-order valence-electron chi connectivity index (χ4n) is 2.36. The molecular formula is C13H19NO3S. The van der Waals surface area contributed by atoms with Crippen LogP contribution in [0.3, 0.4) is 0 Å². The van der Waals surface area contributed by atoms with Crippen LogP contribution in [-0.2, 0) is 9.84 Å². The third-order valence-electron chi connectivity index (χ3n) is 3.33. The minimum Gasteiger partial charge on any atom is -0.494 e. The predicted octanol–water partition coefficient (Wildman–Crippen LogP) is 1.52. The number of hydrogen-bond acceptors (Lipinski definition) is 4. The molecule has 100 valence electrons. The van der Waals surface area contributed by atoms with Gasteiger partial charge in [0.1, 0.15) is 5.75 Å². The fourth-order valence-corrected chi connectivity index (χ4v) is 4.21. The van der Waals surface area contributed by atoms with E-state index in [9.17, 15) is 8.42 Å². The monoisotopic (exact) mass is 269 g/mol. The Kier molecular flexibility index (Phi) is 3.92. The lowest BCUT2D eigenvalue weighted by atomic mass is 9.93. The Morgan fingerprint density at radius 2 is 2.28 bits per heavy atom. The van der Waals surface area contributed by atoms with Gasteiger partial charge in [-0.25, -0.2) is 8.42 Å². The van der Waals surface area contributed by atoms with Crippen molar-refractivity contribution in [3.8, 4) is 5.75 Å². The average molecular weight is 269 g/mol. The number of benzene rings is 1. The van der Waals surface area contributed by atoms with Crippen LogP contribution in [0.1, 0.15) is 24.9 Å². The lowest BCUT2D eigenvalue weighted by molar-refractivity contribution is 0.339. The summed E-state index contributed by atoms with van der Waals surface area (Å²) < 4.78 is 28.4. The normalized spacial score (nSPS) is 23.8. The SMILES string of the molecule is CCOc1cccc(C(N)C2CCS(=O)(=O)C2)c1. The van der Waals surface area contributed by atoms with Crippen molar-refractivity contribution in [3.05, 3.63) is 29.8 Å². The Morgan fingerprint density at radius 3 is 2.89 bits per heavy atom. The molecule has 4 nitrogen and oxygen atoms in total. The average Bonchev–Trinajstić information content (AvgIpc) is 2.70. The summed E-state index contributed by atoms with van der Waals surface area (Å²) in [5.74, 6) is 1.27. The van der Waals surface area contributed by atoms with Crippen molar-refractivity contribution in [1.82, 2.24) is 0 Å². The molecule has 1 fully saturated rings. The maximum absolute atomic E-state index is 11.5. The minimum absolute atomic E-state index is 0.0203. The molecule has 0 aromatic heterocycles. The van der Waals surface area contributed by atoms with Gasteiger partial charge in [0.2, 0.25) is 0 Å². The molecule has 0 saturated carbocycles. The summed E-state index contributed by atoms with van der Waals surface area (Å²) >= 11 is 0. The third-order valence-corrected chi connectivity index (χ3v) is 5.12. The Hall–Kier alpha value is -1.07. The molecule has 0 spiro atoms. The Morgan fingerprint density at radius 1 is 1.50 bits per heavy atom. The molecule has 1 aromatic rings. The van der Waals surface area contributed by atoms with Gasteiger partial charge < -0.3 is 10.5 Å². The highest BCUT2D eigenvalue weighted by molar-refractivity contribution is 7.91. The van der Waals surface area contributed by atoms with E-state index in [0.717, 1.165) is 11.3 Å². The van der Waals surface area contributed by atoms with E-state index >= 15 is 0 Å². The number of nitrogens with two attached hydrogens (primary N) is 1. The first kappa shape index (κ1) is 13.4. The molecule has 2 rings (SSSR count).